The van der Waals surface area contributed by atoms with E-state index in [0.717, 1.165) is 21.7 Å². The third kappa shape index (κ3) is 6.21. The zero-order valence-electron chi connectivity index (χ0n) is 14.2. The van der Waals surface area contributed by atoms with E-state index in [2.05, 4.69) is 37.5 Å². The van der Waals surface area contributed by atoms with Gasteiger partial charge in [-0.3, -0.25) is 10.1 Å². The van der Waals surface area contributed by atoms with Crippen LogP contribution in [-0.4, -0.2) is 26.5 Å². The van der Waals surface area contributed by atoms with Crippen molar-refractivity contribution in [2.75, 3.05) is 0 Å². The fourth-order valence-corrected chi connectivity index (χ4v) is 2.60. The Kier molecular flexibility index (Phi) is 8.06. The summed E-state index contributed by atoms with van der Waals surface area (Å²) in [5.41, 5.74) is 5.64. The Bertz CT molecular complexity index is 965. The number of nitrogens with zero attached hydrogens (tertiary/aromatic N) is 4. The van der Waals surface area contributed by atoms with Crippen LogP contribution >= 0.6 is 22.9 Å². The number of hydrogen-bond acceptors (Lipinski definition) is 6. The van der Waals surface area contributed by atoms with Crippen molar-refractivity contribution in [2.24, 2.45) is 5.92 Å². The van der Waals surface area contributed by atoms with Gasteiger partial charge < -0.3 is 16.1 Å². The Morgan fingerprint density at radius 3 is 2.81 bits per heavy atom. The van der Waals surface area contributed by atoms with Gasteiger partial charge in [0, 0.05) is 17.1 Å². The van der Waals surface area contributed by atoms with E-state index in [1.54, 1.807) is 30.7 Å². The summed E-state index contributed by atoms with van der Waals surface area (Å²) in [5.74, 6) is 6.69. The van der Waals surface area contributed by atoms with Gasteiger partial charge in [0.15, 0.2) is 0 Å². The van der Waals surface area contributed by atoms with Gasteiger partial charge in [-0.15, -0.1) is 23.5 Å². The predicted octanol–water partition coefficient (Wildman–Crippen LogP) is 3.66. The molecule has 3 aromatic heterocycles. The van der Waals surface area contributed by atoms with E-state index in [-0.39, 0.29) is 16.5 Å². The summed E-state index contributed by atoms with van der Waals surface area (Å²) in [5, 5.41) is 8.49. The fourth-order valence-electron chi connectivity index (χ4n) is 2.08. The summed E-state index contributed by atoms with van der Waals surface area (Å²) in [7, 11) is 0. The molecule has 1 fully saturated rings. The molecule has 0 unspecified atom stereocenters. The van der Waals surface area contributed by atoms with Gasteiger partial charge in [0.05, 0.1) is 6.29 Å². The maximum atomic E-state index is 10.8. The van der Waals surface area contributed by atoms with Crippen molar-refractivity contribution in [3.63, 3.8) is 0 Å². The van der Waals surface area contributed by atoms with E-state index in [1.165, 1.54) is 24.2 Å². The number of hydrogen-bond donors (Lipinski definition) is 0. The predicted molar refractivity (Wildman–Crippen MR) is 100 cm³/mol. The average molecular weight is 440 g/mol. The molecule has 5 nitrogen and oxygen atoms in total. The molecule has 0 aromatic carbocycles. The third-order valence-corrected chi connectivity index (χ3v) is 4.33. The van der Waals surface area contributed by atoms with Crippen LogP contribution in [0.3, 0.4) is 0 Å². The van der Waals surface area contributed by atoms with Gasteiger partial charge in [-0.25, -0.2) is 10.1 Å². The van der Waals surface area contributed by atoms with Crippen LogP contribution in [0.5, 0.6) is 0 Å². The van der Waals surface area contributed by atoms with Gasteiger partial charge in [0.2, 0.25) is 0 Å². The smallest absolute Gasteiger partial charge is 0.376 e. The summed E-state index contributed by atoms with van der Waals surface area (Å²) in [6.07, 6.45) is 9.25. The molecule has 27 heavy (non-hydrogen) atoms. The molecule has 4 rings (SSSR count). The molecule has 1 saturated carbocycles. The molecule has 3 aromatic rings. The zero-order valence-corrected chi connectivity index (χ0v) is 16.7. The van der Waals surface area contributed by atoms with Crippen LogP contribution in [0.2, 0.25) is 5.15 Å². The van der Waals surface area contributed by atoms with Crippen LogP contribution in [0.4, 0.5) is 0 Å². The zero-order chi connectivity index (χ0) is 18.4. The van der Waals surface area contributed by atoms with E-state index in [4.69, 9.17) is 11.6 Å². The summed E-state index contributed by atoms with van der Waals surface area (Å²) < 4.78 is 0. The molecule has 0 amide bonds. The van der Waals surface area contributed by atoms with Crippen LogP contribution in [0, 0.1) is 30.2 Å². The molecule has 0 aliphatic heterocycles. The Labute approximate surface area is 176 Å². The molecule has 0 radical (unpaired) electrons. The van der Waals surface area contributed by atoms with Crippen molar-refractivity contribution in [1.29, 1.82) is 0 Å². The number of halogens is 1. The van der Waals surface area contributed by atoms with Crippen LogP contribution in [0.15, 0.2) is 30.7 Å². The van der Waals surface area contributed by atoms with Crippen molar-refractivity contribution >= 4 is 29.2 Å². The number of rotatable bonds is 2. The normalized spacial score (nSPS) is 11.9. The van der Waals surface area contributed by atoms with E-state index in [9.17, 15) is 4.79 Å². The second kappa shape index (κ2) is 10.3. The third-order valence-electron chi connectivity index (χ3n) is 3.58. The topological polar surface area (TPSA) is 68.6 Å². The Morgan fingerprint density at radius 1 is 1.33 bits per heavy atom. The van der Waals surface area contributed by atoms with E-state index in [0.29, 0.717) is 16.6 Å². The molecule has 1 aliphatic rings. The van der Waals surface area contributed by atoms with Gasteiger partial charge >= 0.3 is 16.5 Å². The molecular formula is C19H13ClN4NiOS. The van der Waals surface area contributed by atoms with Crippen molar-refractivity contribution in [3.8, 4) is 23.0 Å². The second-order valence-corrected chi connectivity index (χ2v) is 6.75. The molecule has 0 saturated heterocycles. The molecular weight excluding hydrogens is 426 g/mol. The Hall–Kier alpha value is -2.13. The van der Waals surface area contributed by atoms with Gasteiger partial charge in [-0.05, 0) is 43.8 Å². The minimum Gasteiger partial charge on any atom is -0.376 e. The van der Waals surface area contributed by atoms with Gasteiger partial charge in [-0.1, -0.05) is 28.2 Å². The summed E-state index contributed by atoms with van der Waals surface area (Å²) in [4.78, 5) is 18.8. The summed E-state index contributed by atoms with van der Waals surface area (Å²) in [6.45, 7) is 1.90. The van der Waals surface area contributed by atoms with Gasteiger partial charge in [0.1, 0.15) is 5.15 Å². The number of aryl methyl sites for hydroxylation is 1. The molecule has 0 atom stereocenters. The van der Waals surface area contributed by atoms with E-state index in [1.807, 2.05) is 13.2 Å². The first kappa shape index (κ1) is 21.2. The van der Waals surface area contributed by atoms with Crippen LogP contribution in [-0.2, 0) is 21.3 Å². The van der Waals surface area contributed by atoms with Crippen molar-refractivity contribution in [2.45, 2.75) is 19.8 Å². The Balaban J connectivity index is 0.000000205. The van der Waals surface area contributed by atoms with Crippen LogP contribution in [0.25, 0.3) is 11.1 Å². The molecule has 3 heterocycles. The molecule has 138 valence electrons. The minimum atomic E-state index is 0. The van der Waals surface area contributed by atoms with Crippen molar-refractivity contribution in [3.05, 3.63) is 57.5 Å². The average Bonchev–Trinajstić information content (AvgIpc) is 3.36. The number of pyridine rings is 2. The SMILES string of the molecule is C(#CC1CC1)c1nn[c-]s1.Cc1cnc(Cl)cc1-c1cnccc1[C-]=O.[Ni+2]. The van der Waals surface area contributed by atoms with E-state index < -0.39 is 0 Å². The molecule has 1 aliphatic carbocycles. The first-order valence-corrected chi connectivity index (χ1v) is 9.02. The van der Waals surface area contributed by atoms with Crippen molar-refractivity contribution < 1.29 is 21.3 Å². The van der Waals surface area contributed by atoms with Gasteiger partial charge in [-0.2, -0.15) is 0 Å². The Morgan fingerprint density at radius 2 is 2.15 bits per heavy atom. The quantitative estimate of drug-likeness (QED) is 0.264. The first-order chi connectivity index (χ1) is 12.7. The number of carbonyl (C=O) groups excluding carboxylic acids is 1. The standard InChI is InChI=1S/C12H8ClN2O.C7H5N2S.Ni/c1-8-5-15-12(13)4-10(8)11-6-14-3-2-9(11)7-16;1-2-6(1)3-4-7-9-8-5-10-7;/h2-6H,1H3;6H,1-2H2;/q2*-1;+2. The van der Waals surface area contributed by atoms with Gasteiger partial charge in [0.25, 0.3) is 0 Å². The molecule has 0 bridgehead atoms. The largest absolute Gasteiger partial charge is 2.00 e. The number of aromatic nitrogens is 4. The summed E-state index contributed by atoms with van der Waals surface area (Å²) >= 11 is 7.20. The molecule has 0 N–H and O–H groups in total. The first-order valence-electron chi connectivity index (χ1n) is 7.83. The maximum Gasteiger partial charge on any atom is 2.00 e. The monoisotopic (exact) mass is 438 g/mol. The second-order valence-electron chi connectivity index (χ2n) is 5.59. The minimum absolute atomic E-state index is 0. The van der Waals surface area contributed by atoms with Crippen LogP contribution < -0.4 is 0 Å². The molecule has 0 spiro atoms. The fraction of sp³-hybridized carbons (Fsp3) is 0.211. The maximum absolute atomic E-state index is 10.8. The van der Waals surface area contributed by atoms with E-state index >= 15 is 0 Å². The summed E-state index contributed by atoms with van der Waals surface area (Å²) in [6, 6.07) is 3.34. The van der Waals surface area contributed by atoms with Crippen LogP contribution in [0.1, 0.15) is 29.0 Å². The molecule has 8 heteroatoms. The van der Waals surface area contributed by atoms with Crippen molar-refractivity contribution in [1.82, 2.24) is 20.2 Å².